The molecule has 0 bridgehead atoms. The van der Waals surface area contributed by atoms with E-state index in [0.717, 1.165) is 19.3 Å². The van der Waals surface area contributed by atoms with Gasteiger partial charge in [0, 0.05) is 0 Å². The third-order valence-electron chi connectivity index (χ3n) is 4.51. The van der Waals surface area contributed by atoms with E-state index in [9.17, 15) is 9.90 Å². The van der Waals surface area contributed by atoms with E-state index in [1.165, 1.54) is 39.2 Å². The quantitative estimate of drug-likeness (QED) is 0.698. The number of esters is 1. The molecule has 0 saturated heterocycles. The van der Waals surface area contributed by atoms with Crippen LogP contribution in [-0.4, -0.2) is 24.3 Å². The molecule has 0 amide bonds. The Hall–Kier alpha value is -0.570. The van der Waals surface area contributed by atoms with E-state index in [2.05, 4.69) is 0 Å². The third-order valence-corrected chi connectivity index (χ3v) is 4.51. The van der Waals surface area contributed by atoms with Crippen molar-refractivity contribution < 1.29 is 14.6 Å². The van der Waals surface area contributed by atoms with Crippen LogP contribution in [0.2, 0.25) is 0 Å². The number of methoxy groups -OCH3 is 1. The Morgan fingerprint density at radius 3 is 2.56 bits per heavy atom. The molecule has 3 heteroatoms. The van der Waals surface area contributed by atoms with Gasteiger partial charge in [-0.3, -0.25) is 4.79 Å². The summed E-state index contributed by atoms with van der Waals surface area (Å²) in [6.07, 6.45) is 8.55. The molecule has 1 spiro atoms. The number of carbonyl (C=O) groups excluding carboxylic acids is 1. The van der Waals surface area contributed by atoms with Gasteiger partial charge in [0.2, 0.25) is 0 Å². The van der Waals surface area contributed by atoms with Crippen LogP contribution in [0.5, 0.6) is 0 Å². The molecule has 2 rings (SSSR count). The van der Waals surface area contributed by atoms with Gasteiger partial charge in [0.1, 0.15) is 0 Å². The minimum atomic E-state index is -0.486. The lowest BCUT2D eigenvalue weighted by Gasteiger charge is -2.44. The van der Waals surface area contributed by atoms with E-state index in [-0.39, 0.29) is 11.9 Å². The minimum absolute atomic E-state index is 0.225. The fourth-order valence-electron chi connectivity index (χ4n) is 3.51. The highest BCUT2D eigenvalue weighted by atomic mass is 16.5. The lowest BCUT2D eigenvalue weighted by Crippen LogP contribution is -2.41. The molecule has 0 aromatic carbocycles. The zero-order valence-electron chi connectivity index (χ0n) is 10.1. The Bertz CT molecular complexity index is 256. The first kappa shape index (κ1) is 11.9. The summed E-state index contributed by atoms with van der Waals surface area (Å²) < 4.78 is 4.80. The average Bonchev–Trinajstić information content (AvgIpc) is 2.33. The second-order valence-corrected chi connectivity index (χ2v) is 5.50. The summed E-state index contributed by atoms with van der Waals surface area (Å²) in [5, 5.41) is 9.88. The molecule has 2 saturated carbocycles. The molecule has 16 heavy (non-hydrogen) atoms. The maximum atomic E-state index is 11.6. The molecule has 92 valence electrons. The molecular formula is C13H22O3. The highest BCUT2D eigenvalue weighted by Gasteiger charge is 2.43. The molecule has 0 radical (unpaired) electrons. The average molecular weight is 226 g/mol. The Balaban J connectivity index is 2.05. The number of hydrogen-bond donors (Lipinski definition) is 1. The molecule has 0 aromatic heterocycles. The SMILES string of the molecule is COC(=O)[C@H]1CC2(CCCCC2)CC[C@@H]1O. The predicted octanol–water partition coefficient (Wildman–Crippen LogP) is 2.27. The summed E-state index contributed by atoms with van der Waals surface area (Å²) in [4.78, 5) is 11.6. The van der Waals surface area contributed by atoms with Crippen molar-refractivity contribution in [3.8, 4) is 0 Å². The van der Waals surface area contributed by atoms with Crippen LogP contribution in [-0.2, 0) is 9.53 Å². The highest BCUT2D eigenvalue weighted by molar-refractivity contribution is 5.73. The van der Waals surface area contributed by atoms with Crippen molar-refractivity contribution in [1.82, 2.24) is 0 Å². The van der Waals surface area contributed by atoms with E-state index in [1.54, 1.807) is 0 Å². The largest absolute Gasteiger partial charge is 0.469 e. The number of carbonyl (C=O) groups is 1. The van der Waals surface area contributed by atoms with Crippen molar-refractivity contribution in [1.29, 1.82) is 0 Å². The third kappa shape index (κ3) is 2.24. The van der Waals surface area contributed by atoms with Crippen LogP contribution in [0.3, 0.4) is 0 Å². The van der Waals surface area contributed by atoms with E-state index in [0.29, 0.717) is 5.41 Å². The van der Waals surface area contributed by atoms with Crippen LogP contribution < -0.4 is 0 Å². The second kappa shape index (κ2) is 4.74. The van der Waals surface area contributed by atoms with Crippen molar-refractivity contribution >= 4 is 5.97 Å². The van der Waals surface area contributed by atoms with Gasteiger partial charge in [-0.2, -0.15) is 0 Å². The van der Waals surface area contributed by atoms with Crippen molar-refractivity contribution in [2.45, 2.75) is 57.5 Å². The van der Waals surface area contributed by atoms with E-state index in [4.69, 9.17) is 4.74 Å². The molecule has 2 aliphatic rings. The molecule has 3 nitrogen and oxygen atoms in total. The van der Waals surface area contributed by atoms with Gasteiger partial charge in [-0.1, -0.05) is 19.3 Å². The maximum Gasteiger partial charge on any atom is 0.311 e. The van der Waals surface area contributed by atoms with Crippen molar-refractivity contribution in [2.24, 2.45) is 11.3 Å². The van der Waals surface area contributed by atoms with Crippen LogP contribution in [0.1, 0.15) is 51.4 Å². The standard InChI is InChI=1S/C13H22O3/c1-16-12(15)10-9-13(8-5-11(10)14)6-3-2-4-7-13/h10-11,14H,2-9H2,1H3/t10-,11-/m0/s1. The van der Waals surface area contributed by atoms with Gasteiger partial charge in [0.25, 0.3) is 0 Å². The summed E-state index contributed by atoms with van der Waals surface area (Å²) in [5.74, 6) is -0.506. The smallest absolute Gasteiger partial charge is 0.311 e. The second-order valence-electron chi connectivity index (χ2n) is 5.50. The van der Waals surface area contributed by atoms with E-state index in [1.807, 2.05) is 0 Å². The molecule has 0 aliphatic heterocycles. The normalized spacial score (nSPS) is 33.6. The summed E-state index contributed by atoms with van der Waals surface area (Å²) >= 11 is 0. The van der Waals surface area contributed by atoms with E-state index < -0.39 is 6.10 Å². The minimum Gasteiger partial charge on any atom is -0.469 e. The highest BCUT2D eigenvalue weighted by Crippen LogP contribution is 2.49. The number of aliphatic hydroxyl groups excluding tert-OH is 1. The van der Waals surface area contributed by atoms with E-state index >= 15 is 0 Å². The summed E-state index contributed by atoms with van der Waals surface area (Å²) in [6, 6.07) is 0. The summed E-state index contributed by atoms with van der Waals surface area (Å²) in [6.45, 7) is 0. The number of aliphatic hydroxyl groups is 1. The molecular weight excluding hydrogens is 204 g/mol. The van der Waals surface area contributed by atoms with Crippen molar-refractivity contribution in [2.75, 3.05) is 7.11 Å². The van der Waals surface area contributed by atoms with Gasteiger partial charge in [-0.05, 0) is 37.5 Å². The number of hydrogen-bond acceptors (Lipinski definition) is 3. The van der Waals surface area contributed by atoms with Gasteiger partial charge in [0.05, 0.1) is 19.1 Å². The molecule has 2 fully saturated rings. The maximum absolute atomic E-state index is 11.6. The zero-order valence-corrected chi connectivity index (χ0v) is 10.1. The Morgan fingerprint density at radius 2 is 1.94 bits per heavy atom. The molecule has 0 aromatic rings. The zero-order chi connectivity index (χ0) is 11.6. The molecule has 1 N–H and O–H groups in total. The van der Waals surface area contributed by atoms with Gasteiger partial charge in [-0.15, -0.1) is 0 Å². The van der Waals surface area contributed by atoms with Gasteiger partial charge in [-0.25, -0.2) is 0 Å². The monoisotopic (exact) mass is 226 g/mol. The lowest BCUT2D eigenvalue weighted by atomic mass is 9.62. The molecule has 2 aliphatic carbocycles. The fraction of sp³-hybridized carbons (Fsp3) is 0.923. The molecule has 2 atom stereocenters. The van der Waals surface area contributed by atoms with Gasteiger partial charge in [0.15, 0.2) is 0 Å². The molecule has 0 heterocycles. The first-order valence-electron chi connectivity index (χ1n) is 6.43. The van der Waals surface area contributed by atoms with Gasteiger partial charge < -0.3 is 9.84 Å². The predicted molar refractivity (Wildman–Crippen MR) is 60.9 cm³/mol. The van der Waals surface area contributed by atoms with Crippen LogP contribution in [0.15, 0.2) is 0 Å². The topological polar surface area (TPSA) is 46.5 Å². The summed E-state index contributed by atoms with van der Waals surface area (Å²) in [5.41, 5.74) is 0.330. The fourth-order valence-corrected chi connectivity index (χ4v) is 3.51. The van der Waals surface area contributed by atoms with Gasteiger partial charge >= 0.3 is 5.97 Å². The van der Waals surface area contributed by atoms with Crippen LogP contribution >= 0.6 is 0 Å². The number of rotatable bonds is 1. The van der Waals surface area contributed by atoms with Crippen molar-refractivity contribution in [3.05, 3.63) is 0 Å². The van der Waals surface area contributed by atoms with Crippen LogP contribution in [0.25, 0.3) is 0 Å². The summed E-state index contributed by atoms with van der Waals surface area (Å²) in [7, 11) is 1.41. The number of ether oxygens (including phenoxy) is 1. The first-order valence-corrected chi connectivity index (χ1v) is 6.43. The lowest BCUT2D eigenvalue weighted by molar-refractivity contribution is -0.154. The molecule has 0 unspecified atom stereocenters. The Kier molecular flexibility index (Phi) is 3.53. The first-order chi connectivity index (χ1) is 7.67. The van der Waals surface area contributed by atoms with Crippen LogP contribution in [0.4, 0.5) is 0 Å². The Labute approximate surface area is 97.2 Å². The van der Waals surface area contributed by atoms with Crippen LogP contribution in [0, 0.1) is 11.3 Å². The Morgan fingerprint density at radius 1 is 1.25 bits per heavy atom. The van der Waals surface area contributed by atoms with Crippen molar-refractivity contribution in [3.63, 3.8) is 0 Å².